The van der Waals surface area contributed by atoms with Crippen LogP contribution < -0.4 is 0 Å². The summed E-state index contributed by atoms with van der Waals surface area (Å²) in [6, 6.07) is 59.0. The van der Waals surface area contributed by atoms with Gasteiger partial charge in [0.05, 0.1) is 0 Å². The standard InChI is InChI=1S/C46H26/c1-5-13-31-27(9-1)17-21-35-37-25-26-38-36-22-18-28-10-2-6-14-32(28)42(36)44-34-16-8-4-12-30(34)20-24-40(44)46(38)45(37)39-23-19-29-11-3-7-15-33(29)43(39)41(31)35/h1-26H. The molecule has 0 bridgehead atoms. The largest absolute Gasteiger partial charge is 0.0616 e. The van der Waals surface area contributed by atoms with Crippen molar-refractivity contribution in [1.29, 1.82) is 0 Å². The summed E-state index contributed by atoms with van der Waals surface area (Å²) >= 11 is 0. The molecule has 0 spiro atoms. The average molecular weight is 579 g/mol. The van der Waals surface area contributed by atoms with E-state index in [4.69, 9.17) is 0 Å². The van der Waals surface area contributed by atoms with E-state index in [1.807, 2.05) is 0 Å². The van der Waals surface area contributed by atoms with Crippen LogP contribution in [-0.4, -0.2) is 0 Å². The quantitative estimate of drug-likeness (QED) is 0.157. The highest BCUT2D eigenvalue weighted by molar-refractivity contribution is 6.45. The molecule has 46 heavy (non-hydrogen) atoms. The van der Waals surface area contributed by atoms with Gasteiger partial charge in [0.2, 0.25) is 0 Å². The Hall–Kier alpha value is -5.98. The van der Waals surface area contributed by atoms with E-state index >= 15 is 0 Å². The number of rotatable bonds is 0. The molecule has 0 aliphatic carbocycles. The van der Waals surface area contributed by atoms with Gasteiger partial charge in [-0.1, -0.05) is 158 Å². The van der Waals surface area contributed by atoms with Crippen LogP contribution >= 0.6 is 0 Å². The first-order chi connectivity index (χ1) is 22.8. The Labute approximate surface area is 264 Å². The minimum Gasteiger partial charge on any atom is -0.0616 e. The number of fused-ring (bicyclic) bond motifs is 21. The van der Waals surface area contributed by atoms with Gasteiger partial charge in [-0.15, -0.1) is 0 Å². The second-order valence-electron chi connectivity index (χ2n) is 12.7. The molecule has 11 aromatic carbocycles. The van der Waals surface area contributed by atoms with E-state index in [0.717, 1.165) is 0 Å². The fourth-order valence-corrected chi connectivity index (χ4v) is 8.64. The van der Waals surface area contributed by atoms with Crippen LogP contribution in [0.15, 0.2) is 158 Å². The Kier molecular flexibility index (Phi) is 4.66. The molecule has 0 nitrogen and oxygen atoms in total. The molecule has 0 atom stereocenters. The third kappa shape index (κ3) is 3.04. The van der Waals surface area contributed by atoms with Gasteiger partial charge in [-0.3, -0.25) is 0 Å². The van der Waals surface area contributed by atoms with Crippen LogP contribution in [0.5, 0.6) is 0 Å². The van der Waals surface area contributed by atoms with E-state index in [2.05, 4.69) is 158 Å². The van der Waals surface area contributed by atoms with E-state index in [-0.39, 0.29) is 0 Å². The lowest BCUT2D eigenvalue weighted by Crippen LogP contribution is -1.91. The summed E-state index contributed by atoms with van der Waals surface area (Å²) in [6.45, 7) is 0. The molecule has 0 unspecified atom stereocenters. The zero-order valence-corrected chi connectivity index (χ0v) is 25.0. The Morgan fingerprint density at radius 3 is 0.696 bits per heavy atom. The van der Waals surface area contributed by atoms with Crippen molar-refractivity contribution in [2.75, 3.05) is 0 Å². The Balaban J connectivity index is 1.52. The highest BCUT2D eigenvalue weighted by Crippen LogP contribution is 2.49. The summed E-state index contributed by atoms with van der Waals surface area (Å²) in [7, 11) is 0. The summed E-state index contributed by atoms with van der Waals surface area (Å²) in [6.07, 6.45) is 0. The van der Waals surface area contributed by atoms with Crippen LogP contribution in [0.1, 0.15) is 0 Å². The molecule has 0 heteroatoms. The predicted molar refractivity (Wildman–Crippen MR) is 202 cm³/mol. The average Bonchev–Trinajstić information content (AvgIpc) is 3.13. The van der Waals surface area contributed by atoms with Gasteiger partial charge in [0.1, 0.15) is 0 Å². The Morgan fingerprint density at radius 1 is 0.152 bits per heavy atom. The van der Waals surface area contributed by atoms with E-state index in [0.29, 0.717) is 0 Å². The molecule has 0 saturated heterocycles. The number of hydrogen-bond donors (Lipinski definition) is 0. The summed E-state index contributed by atoms with van der Waals surface area (Å²) in [5.41, 5.74) is 0. The maximum absolute atomic E-state index is 2.39. The van der Waals surface area contributed by atoms with Gasteiger partial charge in [0.25, 0.3) is 0 Å². The molecule has 0 amide bonds. The van der Waals surface area contributed by atoms with Crippen LogP contribution in [0.3, 0.4) is 0 Å². The fraction of sp³-hybridized carbons (Fsp3) is 0. The number of hydrogen-bond acceptors (Lipinski definition) is 0. The molecule has 0 aliphatic rings. The first-order valence-electron chi connectivity index (χ1n) is 16.1. The van der Waals surface area contributed by atoms with Crippen molar-refractivity contribution in [1.82, 2.24) is 0 Å². The SMILES string of the molecule is c1ccc2c(c1)ccc1c3ccc4c5ccc6ccccc6c5c5c6ccccc6ccc5c4c3c3ccc4ccccc4c3c21. The Bertz CT molecular complexity index is 2910. The minimum absolute atomic E-state index is 1.27. The third-order valence-electron chi connectivity index (χ3n) is 10.5. The van der Waals surface area contributed by atoms with Gasteiger partial charge in [-0.05, 0) is 108 Å². The van der Waals surface area contributed by atoms with Crippen molar-refractivity contribution in [3.63, 3.8) is 0 Å². The maximum Gasteiger partial charge on any atom is -0.00136 e. The van der Waals surface area contributed by atoms with Gasteiger partial charge >= 0.3 is 0 Å². The van der Waals surface area contributed by atoms with Gasteiger partial charge < -0.3 is 0 Å². The van der Waals surface area contributed by atoms with E-state index in [9.17, 15) is 0 Å². The van der Waals surface area contributed by atoms with Gasteiger partial charge in [0, 0.05) is 0 Å². The monoisotopic (exact) mass is 578 g/mol. The highest BCUT2D eigenvalue weighted by atomic mass is 14.2. The van der Waals surface area contributed by atoms with E-state index < -0.39 is 0 Å². The van der Waals surface area contributed by atoms with E-state index in [1.165, 1.54) is 108 Å². The summed E-state index contributed by atoms with van der Waals surface area (Å²) in [4.78, 5) is 0. The zero-order valence-electron chi connectivity index (χ0n) is 25.0. The normalized spacial score (nSPS) is 12.3. The van der Waals surface area contributed by atoms with Crippen molar-refractivity contribution < 1.29 is 0 Å². The van der Waals surface area contributed by atoms with Crippen LogP contribution in [0.4, 0.5) is 0 Å². The third-order valence-corrected chi connectivity index (χ3v) is 10.5. The zero-order chi connectivity index (χ0) is 29.9. The lowest BCUT2D eigenvalue weighted by molar-refractivity contribution is 1.78. The van der Waals surface area contributed by atoms with Gasteiger partial charge in [-0.2, -0.15) is 0 Å². The van der Waals surface area contributed by atoms with Crippen LogP contribution in [0, 0.1) is 0 Å². The molecular weight excluding hydrogens is 553 g/mol. The van der Waals surface area contributed by atoms with Crippen LogP contribution in [0.2, 0.25) is 0 Å². The predicted octanol–water partition coefficient (Wildman–Crippen LogP) is 13.2. The second-order valence-corrected chi connectivity index (χ2v) is 12.7. The summed E-state index contributed by atoms with van der Waals surface area (Å²) in [5, 5.41) is 26.3. The molecule has 0 radical (unpaired) electrons. The number of benzene rings is 11. The molecule has 0 aromatic heterocycles. The first kappa shape index (κ1) is 24.4. The fourth-order valence-electron chi connectivity index (χ4n) is 8.64. The molecule has 0 heterocycles. The minimum atomic E-state index is 1.27. The van der Waals surface area contributed by atoms with Crippen molar-refractivity contribution in [2.45, 2.75) is 0 Å². The lowest BCUT2D eigenvalue weighted by atomic mass is 9.83. The Morgan fingerprint density at radius 2 is 0.370 bits per heavy atom. The summed E-state index contributed by atoms with van der Waals surface area (Å²) in [5.74, 6) is 0. The lowest BCUT2D eigenvalue weighted by Gasteiger charge is -2.20. The van der Waals surface area contributed by atoms with Crippen molar-refractivity contribution in [2.24, 2.45) is 0 Å². The molecule has 0 N–H and O–H groups in total. The van der Waals surface area contributed by atoms with Gasteiger partial charge in [-0.25, -0.2) is 0 Å². The maximum atomic E-state index is 2.39. The van der Waals surface area contributed by atoms with Crippen LogP contribution in [-0.2, 0) is 0 Å². The van der Waals surface area contributed by atoms with E-state index in [1.54, 1.807) is 0 Å². The molecule has 0 saturated carbocycles. The molecule has 11 rings (SSSR count). The molecular formula is C46H26. The smallest absolute Gasteiger partial charge is 0.00136 e. The highest BCUT2D eigenvalue weighted by Gasteiger charge is 2.20. The molecule has 210 valence electrons. The molecule has 0 fully saturated rings. The van der Waals surface area contributed by atoms with Gasteiger partial charge in [0.15, 0.2) is 0 Å². The second kappa shape index (κ2) is 8.81. The molecule has 11 aromatic rings. The molecule has 0 aliphatic heterocycles. The first-order valence-corrected chi connectivity index (χ1v) is 16.1. The topological polar surface area (TPSA) is 0 Å². The van der Waals surface area contributed by atoms with Crippen molar-refractivity contribution >= 4 is 108 Å². The van der Waals surface area contributed by atoms with Crippen molar-refractivity contribution in [3.8, 4) is 0 Å². The van der Waals surface area contributed by atoms with Crippen LogP contribution in [0.25, 0.3) is 108 Å². The summed E-state index contributed by atoms with van der Waals surface area (Å²) < 4.78 is 0. The van der Waals surface area contributed by atoms with Crippen molar-refractivity contribution in [3.05, 3.63) is 158 Å².